The van der Waals surface area contributed by atoms with E-state index in [4.69, 9.17) is 4.74 Å². The van der Waals surface area contributed by atoms with Crippen molar-refractivity contribution in [1.29, 1.82) is 0 Å². The van der Waals surface area contributed by atoms with Crippen molar-refractivity contribution >= 4 is 33.3 Å². The zero-order chi connectivity index (χ0) is 23.6. The number of rotatable bonds is 7. The number of aryl methyl sites for hydroxylation is 1. The number of H-pyrrole nitrogens is 1. The summed E-state index contributed by atoms with van der Waals surface area (Å²) in [5.41, 5.74) is 0.935. The molecular formula is C19H22F3N7O3S. The summed E-state index contributed by atoms with van der Waals surface area (Å²) in [4.78, 5) is 30.9. The van der Waals surface area contributed by atoms with Crippen LogP contribution in [0.25, 0.3) is 10.9 Å². The van der Waals surface area contributed by atoms with Crippen LogP contribution in [0.15, 0.2) is 17.2 Å². The van der Waals surface area contributed by atoms with E-state index >= 15 is 0 Å². The van der Waals surface area contributed by atoms with Gasteiger partial charge in [-0.3, -0.25) is 14.3 Å². The van der Waals surface area contributed by atoms with Crippen LogP contribution in [-0.4, -0.2) is 75.2 Å². The zero-order valence-corrected chi connectivity index (χ0v) is 18.6. The molecule has 1 fully saturated rings. The van der Waals surface area contributed by atoms with E-state index in [1.807, 2.05) is 0 Å². The van der Waals surface area contributed by atoms with Crippen molar-refractivity contribution in [1.82, 2.24) is 29.9 Å². The summed E-state index contributed by atoms with van der Waals surface area (Å²) in [5, 5.41) is 11.3. The van der Waals surface area contributed by atoms with Crippen molar-refractivity contribution < 1.29 is 22.7 Å². The lowest BCUT2D eigenvalue weighted by Crippen LogP contribution is -2.49. The molecule has 0 unspecified atom stereocenters. The molecule has 1 amide bonds. The minimum Gasteiger partial charge on any atom is -0.379 e. The number of ether oxygens (including phenoxy) is 1. The van der Waals surface area contributed by atoms with Crippen LogP contribution in [0.4, 0.5) is 18.3 Å². The predicted octanol–water partition coefficient (Wildman–Crippen LogP) is 1.66. The quantitative estimate of drug-likeness (QED) is 0.507. The first kappa shape index (κ1) is 23.2. The molecular weight excluding hydrogens is 463 g/mol. The monoisotopic (exact) mass is 485 g/mol. The Morgan fingerprint density at radius 3 is 2.67 bits per heavy atom. The zero-order valence-electron chi connectivity index (χ0n) is 17.8. The molecule has 0 spiro atoms. The number of halogens is 3. The van der Waals surface area contributed by atoms with Crippen LogP contribution < -0.4 is 10.5 Å². The van der Waals surface area contributed by atoms with E-state index in [1.165, 1.54) is 6.20 Å². The third-order valence-electron chi connectivity index (χ3n) is 5.33. The van der Waals surface area contributed by atoms with Gasteiger partial charge in [0.1, 0.15) is 4.88 Å². The molecule has 0 saturated carbocycles. The van der Waals surface area contributed by atoms with Gasteiger partial charge in [-0.15, -0.1) is 0 Å². The number of aromatic nitrogens is 5. The minimum absolute atomic E-state index is 0.0686. The Bertz CT molecular complexity index is 1180. The van der Waals surface area contributed by atoms with Crippen LogP contribution in [0, 0.1) is 6.92 Å². The second-order valence-electron chi connectivity index (χ2n) is 7.50. The lowest BCUT2D eigenvalue weighted by atomic mass is 10.3. The van der Waals surface area contributed by atoms with Crippen LogP contribution in [0.3, 0.4) is 0 Å². The molecule has 3 aromatic heterocycles. The van der Waals surface area contributed by atoms with Crippen molar-refractivity contribution in [3.05, 3.63) is 33.3 Å². The van der Waals surface area contributed by atoms with Gasteiger partial charge >= 0.3 is 6.18 Å². The number of anilines is 1. The fraction of sp³-hybridized carbons (Fsp3) is 0.526. The van der Waals surface area contributed by atoms with Crippen LogP contribution in [0.5, 0.6) is 0 Å². The first-order chi connectivity index (χ1) is 15.7. The fourth-order valence-electron chi connectivity index (χ4n) is 3.65. The van der Waals surface area contributed by atoms with Crippen molar-refractivity contribution in [2.75, 3.05) is 44.3 Å². The summed E-state index contributed by atoms with van der Waals surface area (Å²) in [5.74, 6) is -0.0686. The number of fused-ring (bicyclic) bond motifs is 1. The van der Waals surface area contributed by atoms with Gasteiger partial charge < -0.3 is 14.5 Å². The van der Waals surface area contributed by atoms with Crippen molar-refractivity contribution in [2.45, 2.75) is 26.1 Å². The Hall–Kier alpha value is -3.00. The molecule has 0 aliphatic carbocycles. The SMILES string of the molecule is Cc1nn(CCOCCC(=O)N2CCN(c3ncc(C(F)(F)F)s3)CC2)c2cn[nH]c(=O)c12. The van der Waals surface area contributed by atoms with E-state index in [2.05, 4.69) is 20.3 Å². The minimum atomic E-state index is -4.40. The van der Waals surface area contributed by atoms with Crippen LogP contribution in [-0.2, 0) is 22.3 Å². The third kappa shape index (κ3) is 5.16. The summed E-state index contributed by atoms with van der Waals surface area (Å²) in [7, 11) is 0. The number of nitrogens with zero attached hydrogens (tertiary/aromatic N) is 6. The summed E-state index contributed by atoms with van der Waals surface area (Å²) in [6.45, 7) is 4.40. The Labute approximate surface area is 190 Å². The number of hydrogen-bond acceptors (Lipinski definition) is 8. The topological polar surface area (TPSA) is 109 Å². The van der Waals surface area contributed by atoms with E-state index in [9.17, 15) is 22.8 Å². The Balaban J connectivity index is 1.19. The van der Waals surface area contributed by atoms with Gasteiger partial charge in [-0.2, -0.15) is 23.4 Å². The molecule has 0 aromatic carbocycles. The standard InChI is InChI=1S/C19H22F3N7O3S/c1-12-16-13(10-24-25-17(16)31)29(26-12)7-9-32-8-2-15(30)27-3-5-28(6-4-27)18-23-11-14(33-18)19(20,21)22/h10-11H,2-9H2,1H3,(H,25,31). The highest BCUT2D eigenvalue weighted by atomic mass is 32.1. The summed E-state index contributed by atoms with van der Waals surface area (Å²) in [6.07, 6.45) is -1.81. The molecule has 178 valence electrons. The molecule has 33 heavy (non-hydrogen) atoms. The molecule has 1 N–H and O–H groups in total. The van der Waals surface area contributed by atoms with E-state index in [1.54, 1.807) is 21.4 Å². The summed E-state index contributed by atoms with van der Waals surface area (Å²) < 4.78 is 45.5. The van der Waals surface area contributed by atoms with E-state index < -0.39 is 11.1 Å². The molecule has 10 nitrogen and oxygen atoms in total. The van der Waals surface area contributed by atoms with Crippen LogP contribution in [0.1, 0.15) is 17.0 Å². The number of carbonyl (C=O) groups is 1. The molecule has 4 rings (SSSR count). The number of carbonyl (C=O) groups excluding carboxylic acids is 1. The lowest BCUT2D eigenvalue weighted by molar-refractivity contribution is -0.134. The Morgan fingerprint density at radius 1 is 1.21 bits per heavy atom. The number of piperazine rings is 1. The molecule has 1 saturated heterocycles. The molecule has 4 heterocycles. The van der Waals surface area contributed by atoms with Crippen molar-refractivity contribution in [3.8, 4) is 0 Å². The van der Waals surface area contributed by atoms with Crippen LogP contribution >= 0.6 is 11.3 Å². The number of aromatic amines is 1. The second-order valence-corrected chi connectivity index (χ2v) is 8.51. The first-order valence-corrected chi connectivity index (χ1v) is 11.1. The van der Waals surface area contributed by atoms with Gasteiger partial charge in [-0.1, -0.05) is 11.3 Å². The van der Waals surface area contributed by atoms with Crippen molar-refractivity contribution in [2.24, 2.45) is 0 Å². The molecule has 1 aliphatic rings. The third-order valence-corrected chi connectivity index (χ3v) is 6.43. The average molecular weight is 485 g/mol. The lowest BCUT2D eigenvalue weighted by Gasteiger charge is -2.34. The Kier molecular flexibility index (Phi) is 6.65. The van der Waals surface area contributed by atoms with Gasteiger partial charge in [-0.05, 0) is 6.92 Å². The van der Waals surface area contributed by atoms with E-state index in [-0.39, 0.29) is 24.5 Å². The molecule has 14 heteroatoms. The fourth-order valence-corrected chi connectivity index (χ4v) is 4.48. The maximum atomic E-state index is 12.8. The number of hydrogen-bond donors (Lipinski definition) is 1. The predicted molar refractivity (Wildman–Crippen MR) is 114 cm³/mol. The highest BCUT2D eigenvalue weighted by Gasteiger charge is 2.34. The average Bonchev–Trinajstić information content (AvgIpc) is 3.40. The molecule has 1 aliphatic heterocycles. The summed E-state index contributed by atoms with van der Waals surface area (Å²) in [6, 6.07) is 0. The van der Waals surface area contributed by atoms with Gasteiger partial charge in [0.25, 0.3) is 5.56 Å². The number of alkyl halides is 3. The van der Waals surface area contributed by atoms with Crippen LogP contribution in [0.2, 0.25) is 0 Å². The van der Waals surface area contributed by atoms with E-state index in [0.717, 1.165) is 6.20 Å². The largest absolute Gasteiger partial charge is 0.427 e. The van der Waals surface area contributed by atoms with Gasteiger partial charge in [0.05, 0.1) is 55.2 Å². The van der Waals surface area contributed by atoms with E-state index in [0.29, 0.717) is 72.4 Å². The van der Waals surface area contributed by atoms with Gasteiger partial charge in [-0.25, -0.2) is 10.1 Å². The first-order valence-electron chi connectivity index (χ1n) is 10.3. The maximum absolute atomic E-state index is 12.8. The smallest absolute Gasteiger partial charge is 0.379 e. The molecule has 0 atom stereocenters. The number of nitrogens with one attached hydrogen (secondary N) is 1. The highest BCUT2D eigenvalue weighted by molar-refractivity contribution is 7.15. The highest BCUT2D eigenvalue weighted by Crippen LogP contribution is 2.36. The van der Waals surface area contributed by atoms with Gasteiger partial charge in [0, 0.05) is 26.2 Å². The number of amides is 1. The maximum Gasteiger partial charge on any atom is 0.427 e. The number of thiazole rings is 1. The normalized spacial score (nSPS) is 14.9. The second kappa shape index (κ2) is 9.47. The Morgan fingerprint density at radius 2 is 1.97 bits per heavy atom. The summed E-state index contributed by atoms with van der Waals surface area (Å²) >= 11 is 0.613. The van der Waals surface area contributed by atoms with Crippen molar-refractivity contribution in [3.63, 3.8) is 0 Å². The molecule has 3 aromatic rings. The molecule has 0 radical (unpaired) electrons. The molecule has 0 bridgehead atoms. The van der Waals surface area contributed by atoms with Gasteiger partial charge in [0.15, 0.2) is 5.13 Å². The van der Waals surface area contributed by atoms with Gasteiger partial charge in [0.2, 0.25) is 5.91 Å².